The summed E-state index contributed by atoms with van der Waals surface area (Å²) >= 11 is 2.98. The van der Waals surface area contributed by atoms with Crippen molar-refractivity contribution < 1.29 is 23.9 Å². The second-order valence-electron chi connectivity index (χ2n) is 7.44. The van der Waals surface area contributed by atoms with E-state index in [0.29, 0.717) is 22.0 Å². The summed E-state index contributed by atoms with van der Waals surface area (Å²) in [7, 11) is 0. The third-order valence-electron chi connectivity index (χ3n) is 4.93. The van der Waals surface area contributed by atoms with Gasteiger partial charge in [-0.05, 0) is 94.9 Å². The Morgan fingerprint density at radius 2 is 1.76 bits per heavy atom. The molecular weight excluding hydrogens is 565 g/mol. The number of imide groups is 1. The standard InChI is InChI=1S/C26H20INO5S/c1-17-5-4-6-20(15-17)32-14-13-28-24(29)23(34-26(28)31)16-18-9-11-19(12-10-18)33-25(30)21-7-2-3-8-22(21)27/h2-12,15-16H,13-14H2,1H3/b23-16-. The third kappa shape index (κ3) is 5.87. The van der Waals surface area contributed by atoms with Gasteiger partial charge in [0.25, 0.3) is 11.1 Å². The maximum Gasteiger partial charge on any atom is 0.344 e. The van der Waals surface area contributed by atoms with Crippen molar-refractivity contribution in [2.24, 2.45) is 0 Å². The van der Waals surface area contributed by atoms with Crippen molar-refractivity contribution in [3.63, 3.8) is 0 Å². The SMILES string of the molecule is Cc1cccc(OCCN2C(=O)S/C(=C\c3ccc(OC(=O)c4ccccc4I)cc3)C2=O)c1. The lowest BCUT2D eigenvalue weighted by molar-refractivity contribution is -0.123. The van der Waals surface area contributed by atoms with E-state index in [9.17, 15) is 14.4 Å². The minimum absolute atomic E-state index is 0.170. The van der Waals surface area contributed by atoms with Gasteiger partial charge in [0.2, 0.25) is 0 Å². The average molecular weight is 585 g/mol. The molecule has 1 fully saturated rings. The number of amides is 2. The molecule has 3 aromatic rings. The van der Waals surface area contributed by atoms with Crippen molar-refractivity contribution in [2.75, 3.05) is 13.2 Å². The highest BCUT2D eigenvalue weighted by Crippen LogP contribution is 2.32. The molecule has 1 saturated heterocycles. The van der Waals surface area contributed by atoms with E-state index in [0.717, 1.165) is 26.5 Å². The Morgan fingerprint density at radius 1 is 1.00 bits per heavy atom. The van der Waals surface area contributed by atoms with Crippen molar-refractivity contribution in [1.29, 1.82) is 0 Å². The molecule has 6 nitrogen and oxygen atoms in total. The normalized spacial score (nSPS) is 14.5. The molecule has 0 unspecified atom stereocenters. The molecule has 8 heteroatoms. The molecule has 0 radical (unpaired) electrons. The molecular formula is C26H20INO5S. The second-order valence-corrected chi connectivity index (χ2v) is 9.59. The molecule has 0 aromatic heterocycles. The number of halogens is 1. The van der Waals surface area contributed by atoms with E-state index in [1.54, 1.807) is 42.5 Å². The van der Waals surface area contributed by atoms with Crippen LogP contribution in [0.5, 0.6) is 11.5 Å². The molecule has 0 saturated carbocycles. The number of esters is 1. The first-order chi connectivity index (χ1) is 16.4. The van der Waals surface area contributed by atoms with Gasteiger partial charge in [0, 0.05) is 3.57 Å². The number of benzene rings is 3. The number of nitrogens with zero attached hydrogens (tertiary/aromatic N) is 1. The predicted octanol–water partition coefficient (Wildman–Crippen LogP) is 5.93. The Hall–Kier alpha value is -3.11. The van der Waals surface area contributed by atoms with Gasteiger partial charge < -0.3 is 9.47 Å². The van der Waals surface area contributed by atoms with Crippen LogP contribution in [0.2, 0.25) is 0 Å². The van der Waals surface area contributed by atoms with Crippen molar-refractivity contribution in [1.82, 2.24) is 4.90 Å². The molecule has 172 valence electrons. The van der Waals surface area contributed by atoms with Crippen LogP contribution in [-0.2, 0) is 4.79 Å². The highest BCUT2D eigenvalue weighted by Gasteiger charge is 2.34. The lowest BCUT2D eigenvalue weighted by Crippen LogP contribution is -2.32. The Balaban J connectivity index is 1.36. The van der Waals surface area contributed by atoms with Crippen LogP contribution in [-0.4, -0.2) is 35.2 Å². The minimum atomic E-state index is -0.438. The third-order valence-corrected chi connectivity index (χ3v) is 6.78. The summed E-state index contributed by atoms with van der Waals surface area (Å²) in [6, 6.07) is 21.5. The number of rotatable bonds is 7. The number of carbonyl (C=O) groups excluding carboxylic acids is 3. The quantitative estimate of drug-likeness (QED) is 0.148. The molecule has 0 N–H and O–H groups in total. The number of carbonyl (C=O) groups is 3. The van der Waals surface area contributed by atoms with Gasteiger partial charge in [-0.15, -0.1) is 0 Å². The highest BCUT2D eigenvalue weighted by atomic mass is 127. The summed E-state index contributed by atoms with van der Waals surface area (Å²) in [6.07, 6.45) is 1.65. The van der Waals surface area contributed by atoms with Gasteiger partial charge in [-0.3, -0.25) is 14.5 Å². The predicted molar refractivity (Wildman–Crippen MR) is 140 cm³/mol. The monoisotopic (exact) mass is 585 g/mol. The molecule has 2 amide bonds. The fourth-order valence-electron chi connectivity index (χ4n) is 3.22. The van der Waals surface area contributed by atoms with E-state index in [1.807, 2.05) is 43.3 Å². The molecule has 1 aliphatic rings. The molecule has 0 spiro atoms. The van der Waals surface area contributed by atoms with Gasteiger partial charge in [-0.25, -0.2) is 4.79 Å². The summed E-state index contributed by atoms with van der Waals surface area (Å²) in [4.78, 5) is 38.9. The van der Waals surface area contributed by atoms with Gasteiger partial charge in [-0.1, -0.05) is 36.4 Å². The Labute approximate surface area is 215 Å². The number of aryl methyl sites for hydroxylation is 1. The maximum atomic E-state index is 12.7. The van der Waals surface area contributed by atoms with E-state index in [2.05, 4.69) is 22.6 Å². The molecule has 3 aromatic carbocycles. The lowest BCUT2D eigenvalue weighted by atomic mass is 10.2. The summed E-state index contributed by atoms with van der Waals surface area (Å²) in [5.74, 6) is 0.303. The molecule has 1 aliphatic heterocycles. The summed E-state index contributed by atoms with van der Waals surface area (Å²) in [5.41, 5.74) is 2.28. The van der Waals surface area contributed by atoms with Gasteiger partial charge in [-0.2, -0.15) is 0 Å². The Bertz CT molecular complexity index is 1270. The van der Waals surface area contributed by atoms with Gasteiger partial charge in [0.15, 0.2) is 0 Å². The average Bonchev–Trinajstić information content (AvgIpc) is 3.08. The highest BCUT2D eigenvalue weighted by molar-refractivity contribution is 14.1. The number of hydrogen-bond donors (Lipinski definition) is 0. The smallest absolute Gasteiger partial charge is 0.344 e. The van der Waals surface area contributed by atoms with Crippen LogP contribution in [0.25, 0.3) is 6.08 Å². The van der Waals surface area contributed by atoms with Crippen LogP contribution >= 0.6 is 34.4 Å². The van der Waals surface area contributed by atoms with Gasteiger partial charge in [0.05, 0.1) is 17.0 Å². The van der Waals surface area contributed by atoms with Gasteiger partial charge in [0.1, 0.15) is 18.1 Å². The zero-order valence-corrected chi connectivity index (χ0v) is 21.2. The first-order valence-corrected chi connectivity index (χ1v) is 12.3. The zero-order chi connectivity index (χ0) is 24.1. The van der Waals surface area contributed by atoms with E-state index in [4.69, 9.17) is 9.47 Å². The Kier molecular flexibility index (Phi) is 7.69. The van der Waals surface area contributed by atoms with Crippen molar-refractivity contribution in [2.45, 2.75) is 6.92 Å². The molecule has 4 rings (SSSR count). The first-order valence-electron chi connectivity index (χ1n) is 10.4. The molecule has 0 bridgehead atoms. The van der Waals surface area contributed by atoms with Gasteiger partial charge >= 0.3 is 5.97 Å². The fourth-order valence-corrected chi connectivity index (χ4v) is 4.70. The molecule has 0 aliphatic carbocycles. The van der Waals surface area contributed by atoms with Crippen LogP contribution in [0.4, 0.5) is 4.79 Å². The summed E-state index contributed by atoms with van der Waals surface area (Å²) in [5, 5.41) is -0.327. The van der Waals surface area contributed by atoms with Crippen LogP contribution in [0.15, 0.2) is 77.7 Å². The van der Waals surface area contributed by atoms with E-state index in [-0.39, 0.29) is 24.3 Å². The summed E-state index contributed by atoms with van der Waals surface area (Å²) < 4.78 is 11.9. The summed E-state index contributed by atoms with van der Waals surface area (Å²) in [6.45, 7) is 2.35. The van der Waals surface area contributed by atoms with E-state index >= 15 is 0 Å². The van der Waals surface area contributed by atoms with E-state index < -0.39 is 5.97 Å². The molecule has 1 heterocycles. The van der Waals surface area contributed by atoms with Crippen molar-refractivity contribution in [3.8, 4) is 11.5 Å². The van der Waals surface area contributed by atoms with Crippen LogP contribution in [0.3, 0.4) is 0 Å². The zero-order valence-electron chi connectivity index (χ0n) is 18.2. The minimum Gasteiger partial charge on any atom is -0.492 e. The van der Waals surface area contributed by atoms with Crippen molar-refractivity contribution >= 4 is 57.5 Å². The molecule has 34 heavy (non-hydrogen) atoms. The second kappa shape index (κ2) is 10.9. The topological polar surface area (TPSA) is 72.9 Å². The Morgan fingerprint density at radius 3 is 2.50 bits per heavy atom. The lowest BCUT2D eigenvalue weighted by Gasteiger charge is -2.13. The van der Waals surface area contributed by atoms with E-state index in [1.165, 1.54) is 4.90 Å². The number of hydrogen-bond acceptors (Lipinski definition) is 6. The first kappa shape index (κ1) is 24.0. The van der Waals surface area contributed by atoms with Crippen LogP contribution < -0.4 is 9.47 Å². The maximum absolute atomic E-state index is 12.7. The fraction of sp³-hybridized carbons (Fsp3) is 0.115. The van der Waals surface area contributed by atoms with Crippen LogP contribution in [0.1, 0.15) is 21.5 Å². The number of thioether (sulfide) groups is 1. The largest absolute Gasteiger partial charge is 0.492 e. The number of ether oxygens (including phenoxy) is 2. The molecule has 0 atom stereocenters. The van der Waals surface area contributed by atoms with Crippen LogP contribution in [0, 0.1) is 10.5 Å². The van der Waals surface area contributed by atoms with Crippen molar-refractivity contribution in [3.05, 3.63) is 98.0 Å².